The molecule has 1 aliphatic rings. The zero-order valence-corrected chi connectivity index (χ0v) is 16.4. The number of nitrogens with zero attached hydrogens (tertiary/aromatic N) is 1. The maximum Gasteiger partial charge on any atom is 0.416 e. The smallest absolute Gasteiger partial charge is 0.416 e. The summed E-state index contributed by atoms with van der Waals surface area (Å²) in [6, 6.07) is 9.93. The first kappa shape index (κ1) is 21.4. The van der Waals surface area contributed by atoms with Gasteiger partial charge >= 0.3 is 6.18 Å². The summed E-state index contributed by atoms with van der Waals surface area (Å²) in [6.07, 6.45) is -4.00. The molecule has 8 heteroatoms. The van der Waals surface area contributed by atoms with Crippen molar-refractivity contribution in [2.75, 3.05) is 18.5 Å². The second-order valence-corrected chi connectivity index (χ2v) is 6.80. The molecule has 0 saturated carbocycles. The van der Waals surface area contributed by atoms with E-state index in [0.717, 1.165) is 12.1 Å². The lowest BCUT2D eigenvalue weighted by atomic mass is 10.1. The van der Waals surface area contributed by atoms with Crippen LogP contribution in [-0.2, 0) is 11.0 Å². The van der Waals surface area contributed by atoms with Gasteiger partial charge in [-0.2, -0.15) is 13.2 Å². The van der Waals surface area contributed by atoms with Gasteiger partial charge in [-0.25, -0.2) is 0 Å². The van der Waals surface area contributed by atoms with E-state index in [9.17, 15) is 22.8 Å². The van der Waals surface area contributed by atoms with Crippen molar-refractivity contribution in [2.45, 2.75) is 25.9 Å². The molecule has 0 atom stereocenters. The Hall–Kier alpha value is -3.29. The molecule has 1 aliphatic heterocycles. The third-order valence-corrected chi connectivity index (χ3v) is 4.64. The third-order valence-electron chi connectivity index (χ3n) is 4.64. The molecule has 0 unspecified atom stereocenters. The van der Waals surface area contributed by atoms with Crippen molar-refractivity contribution < 1.29 is 27.5 Å². The summed E-state index contributed by atoms with van der Waals surface area (Å²) in [4.78, 5) is 26.3. The molecule has 158 valence electrons. The fourth-order valence-corrected chi connectivity index (χ4v) is 3.14. The highest BCUT2D eigenvalue weighted by atomic mass is 19.4. The molecule has 0 saturated heterocycles. The van der Waals surface area contributed by atoms with Gasteiger partial charge in [0.15, 0.2) is 0 Å². The van der Waals surface area contributed by atoms with Crippen molar-refractivity contribution in [3.63, 3.8) is 0 Å². The Bertz CT molecular complexity index is 951. The van der Waals surface area contributed by atoms with E-state index >= 15 is 0 Å². The zero-order valence-electron chi connectivity index (χ0n) is 16.4. The van der Waals surface area contributed by atoms with Crippen LogP contribution in [0.4, 0.5) is 18.9 Å². The van der Waals surface area contributed by atoms with Gasteiger partial charge in [0, 0.05) is 29.8 Å². The van der Waals surface area contributed by atoms with E-state index in [2.05, 4.69) is 11.9 Å². The van der Waals surface area contributed by atoms with Gasteiger partial charge in [-0.15, -0.1) is 0 Å². The van der Waals surface area contributed by atoms with Crippen LogP contribution in [0.1, 0.15) is 41.3 Å². The lowest BCUT2D eigenvalue weighted by molar-refractivity contribution is -0.137. The fourth-order valence-electron chi connectivity index (χ4n) is 3.14. The summed E-state index contributed by atoms with van der Waals surface area (Å²) in [5.74, 6) is -0.631. The molecule has 2 aromatic rings. The number of carbonyl (C=O) groups is 2. The summed E-state index contributed by atoms with van der Waals surface area (Å²) in [7, 11) is 0. The van der Waals surface area contributed by atoms with E-state index < -0.39 is 17.6 Å². The van der Waals surface area contributed by atoms with Crippen LogP contribution in [0.3, 0.4) is 0 Å². The Kier molecular flexibility index (Phi) is 6.14. The Labute approximate surface area is 172 Å². The summed E-state index contributed by atoms with van der Waals surface area (Å²) >= 11 is 0. The highest BCUT2D eigenvalue weighted by Crippen LogP contribution is 2.35. The molecule has 30 heavy (non-hydrogen) atoms. The number of fused-ring (bicyclic) bond motifs is 1. The predicted molar refractivity (Wildman–Crippen MR) is 107 cm³/mol. The quantitative estimate of drug-likeness (QED) is 0.692. The SMILES string of the molecule is C=C1c2ccccc2C(=O)N1CCC(=O)Nc1cc(C(F)(F)F)ccc1OCCC. The lowest BCUT2D eigenvalue weighted by Crippen LogP contribution is -2.27. The fraction of sp³-hybridized carbons (Fsp3) is 0.273. The standard InChI is InChI=1S/C22H21F3N2O3/c1-3-12-30-19-9-8-15(22(23,24)25)13-18(19)26-20(28)10-11-27-14(2)16-6-4-5-7-17(16)21(27)29/h4-9,13H,2-3,10-12H2,1H3,(H,26,28). The molecule has 5 nitrogen and oxygen atoms in total. The molecule has 0 bridgehead atoms. The third kappa shape index (κ3) is 4.48. The Morgan fingerprint density at radius 1 is 1.17 bits per heavy atom. The molecular formula is C22H21F3N2O3. The summed E-state index contributed by atoms with van der Waals surface area (Å²) in [6.45, 7) is 6.12. The second-order valence-electron chi connectivity index (χ2n) is 6.80. The largest absolute Gasteiger partial charge is 0.491 e. The second kappa shape index (κ2) is 8.61. The number of anilines is 1. The lowest BCUT2D eigenvalue weighted by Gasteiger charge is -2.18. The van der Waals surface area contributed by atoms with Crippen LogP contribution in [0, 0.1) is 0 Å². The Balaban J connectivity index is 1.70. The highest BCUT2D eigenvalue weighted by molar-refractivity contribution is 6.09. The van der Waals surface area contributed by atoms with Gasteiger partial charge in [-0.1, -0.05) is 31.7 Å². The molecule has 0 spiro atoms. The number of carbonyl (C=O) groups excluding carboxylic acids is 2. The number of benzene rings is 2. The minimum Gasteiger partial charge on any atom is -0.491 e. The molecule has 0 fully saturated rings. The minimum absolute atomic E-state index is 0.0573. The first-order valence-electron chi connectivity index (χ1n) is 9.46. The summed E-state index contributed by atoms with van der Waals surface area (Å²) in [5, 5.41) is 2.48. The van der Waals surface area contributed by atoms with E-state index in [-0.39, 0.29) is 30.3 Å². The summed E-state index contributed by atoms with van der Waals surface area (Å²) in [5.41, 5.74) is 0.764. The van der Waals surface area contributed by atoms with E-state index in [1.54, 1.807) is 24.3 Å². The van der Waals surface area contributed by atoms with Crippen molar-refractivity contribution >= 4 is 23.2 Å². The van der Waals surface area contributed by atoms with E-state index in [4.69, 9.17) is 4.74 Å². The Morgan fingerprint density at radius 2 is 1.87 bits per heavy atom. The van der Waals surface area contributed by atoms with E-state index in [0.29, 0.717) is 29.9 Å². The monoisotopic (exact) mass is 418 g/mol. The van der Waals surface area contributed by atoms with E-state index in [1.165, 1.54) is 11.0 Å². The molecular weight excluding hydrogens is 397 g/mol. The van der Waals surface area contributed by atoms with Crippen molar-refractivity contribution in [1.82, 2.24) is 4.90 Å². The van der Waals surface area contributed by atoms with Crippen molar-refractivity contribution in [3.8, 4) is 5.75 Å². The molecule has 0 aliphatic carbocycles. The van der Waals surface area contributed by atoms with Crippen LogP contribution in [0.25, 0.3) is 5.70 Å². The number of amides is 2. The highest BCUT2D eigenvalue weighted by Gasteiger charge is 2.32. The van der Waals surface area contributed by atoms with Gasteiger partial charge in [-0.3, -0.25) is 9.59 Å². The van der Waals surface area contributed by atoms with Crippen LogP contribution in [0.2, 0.25) is 0 Å². The number of halogens is 3. The number of hydrogen-bond acceptors (Lipinski definition) is 3. The maximum atomic E-state index is 13.1. The number of hydrogen-bond donors (Lipinski definition) is 1. The number of alkyl halides is 3. The number of ether oxygens (including phenoxy) is 1. The van der Waals surface area contributed by atoms with Gasteiger partial charge in [0.25, 0.3) is 5.91 Å². The Morgan fingerprint density at radius 3 is 2.50 bits per heavy atom. The molecule has 3 rings (SSSR count). The molecule has 2 amide bonds. The average molecular weight is 418 g/mol. The number of nitrogens with one attached hydrogen (secondary N) is 1. The first-order chi connectivity index (χ1) is 14.2. The van der Waals surface area contributed by atoms with Crippen LogP contribution >= 0.6 is 0 Å². The topological polar surface area (TPSA) is 58.6 Å². The predicted octanol–water partition coefficient (Wildman–Crippen LogP) is 4.95. The first-order valence-corrected chi connectivity index (χ1v) is 9.46. The van der Waals surface area contributed by atoms with Gasteiger partial charge in [0.05, 0.1) is 17.9 Å². The minimum atomic E-state index is -4.55. The van der Waals surface area contributed by atoms with Crippen molar-refractivity contribution in [1.29, 1.82) is 0 Å². The van der Waals surface area contributed by atoms with Gasteiger partial charge in [0.2, 0.25) is 5.91 Å². The van der Waals surface area contributed by atoms with Crippen molar-refractivity contribution in [2.24, 2.45) is 0 Å². The van der Waals surface area contributed by atoms with Crippen LogP contribution in [0.15, 0.2) is 49.0 Å². The molecule has 2 aromatic carbocycles. The van der Waals surface area contributed by atoms with Gasteiger partial charge < -0.3 is 15.0 Å². The maximum absolute atomic E-state index is 13.1. The van der Waals surface area contributed by atoms with Crippen LogP contribution in [0.5, 0.6) is 5.75 Å². The average Bonchev–Trinajstić information content (AvgIpc) is 2.95. The molecule has 0 radical (unpaired) electrons. The van der Waals surface area contributed by atoms with Crippen LogP contribution < -0.4 is 10.1 Å². The van der Waals surface area contributed by atoms with Crippen LogP contribution in [-0.4, -0.2) is 29.9 Å². The normalized spacial score (nSPS) is 13.4. The summed E-state index contributed by atoms with van der Waals surface area (Å²) < 4.78 is 44.6. The molecule has 1 heterocycles. The van der Waals surface area contributed by atoms with Gasteiger partial charge in [0.1, 0.15) is 5.75 Å². The zero-order chi connectivity index (χ0) is 21.9. The van der Waals surface area contributed by atoms with Crippen molar-refractivity contribution in [3.05, 3.63) is 65.7 Å². The van der Waals surface area contributed by atoms with Gasteiger partial charge in [-0.05, 0) is 30.7 Å². The number of rotatable bonds is 7. The molecule has 1 N–H and O–H groups in total. The van der Waals surface area contributed by atoms with E-state index in [1.807, 2.05) is 6.92 Å². The molecule has 0 aromatic heterocycles.